The molecule has 1 aliphatic heterocycles. The van der Waals surface area contributed by atoms with Crippen molar-refractivity contribution < 1.29 is 0 Å². The predicted molar refractivity (Wildman–Crippen MR) is 69.1 cm³/mol. The number of nitrogens with zero attached hydrogens (tertiary/aromatic N) is 1. The van der Waals surface area contributed by atoms with Crippen molar-refractivity contribution in [2.45, 2.75) is 6.42 Å². The molecule has 0 radical (unpaired) electrons. The summed E-state index contributed by atoms with van der Waals surface area (Å²) < 4.78 is 0. The molecule has 0 saturated carbocycles. The summed E-state index contributed by atoms with van der Waals surface area (Å²) in [6, 6.07) is 7.82. The number of halogens is 1. The molecule has 3 rings (SSSR count). The van der Waals surface area contributed by atoms with Crippen molar-refractivity contribution in [2.75, 3.05) is 13.1 Å². The second kappa shape index (κ2) is 4.51. The monoisotopic (exact) mass is 247 g/mol. The molecule has 0 atom stereocenters. The van der Waals surface area contributed by atoms with Crippen molar-refractivity contribution in [1.29, 1.82) is 0 Å². The molecule has 0 spiro atoms. The van der Waals surface area contributed by atoms with Gasteiger partial charge in [0.05, 0.1) is 11.9 Å². The van der Waals surface area contributed by atoms with Gasteiger partial charge in [-0.25, -0.2) is 4.98 Å². The largest absolute Gasteiger partial charge is 0.342 e. The Morgan fingerprint density at radius 2 is 2.12 bits per heavy atom. The van der Waals surface area contributed by atoms with Crippen molar-refractivity contribution in [3.8, 4) is 11.3 Å². The van der Waals surface area contributed by atoms with E-state index in [1.54, 1.807) is 0 Å². The highest BCUT2D eigenvalue weighted by Gasteiger charge is 2.18. The molecule has 0 aliphatic carbocycles. The maximum absolute atomic E-state index is 6.15. The Kier molecular flexibility index (Phi) is 2.87. The van der Waals surface area contributed by atoms with Crippen LogP contribution in [0.3, 0.4) is 0 Å². The van der Waals surface area contributed by atoms with Crippen LogP contribution in [0.5, 0.6) is 0 Å². The van der Waals surface area contributed by atoms with Gasteiger partial charge in [-0.2, -0.15) is 0 Å². The molecule has 1 saturated heterocycles. The van der Waals surface area contributed by atoms with Gasteiger partial charge in [-0.05, 0) is 25.1 Å². The number of imidazole rings is 1. The van der Waals surface area contributed by atoms with Gasteiger partial charge in [0.25, 0.3) is 0 Å². The third kappa shape index (κ3) is 2.21. The van der Waals surface area contributed by atoms with E-state index in [1.807, 2.05) is 30.5 Å². The van der Waals surface area contributed by atoms with Crippen LogP contribution in [-0.2, 0) is 6.42 Å². The molecule has 2 heterocycles. The van der Waals surface area contributed by atoms with Crippen LogP contribution in [0, 0.1) is 5.92 Å². The smallest absolute Gasteiger partial charge is 0.106 e. The third-order valence-corrected chi connectivity index (χ3v) is 3.47. The fourth-order valence-corrected chi connectivity index (χ4v) is 2.29. The maximum Gasteiger partial charge on any atom is 0.106 e. The summed E-state index contributed by atoms with van der Waals surface area (Å²) >= 11 is 6.15. The SMILES string of the molecule is Clc1ccccc1-c1cnc(CC2CNC2)[nH]1. The molecule has 1 aromatic carbocycles. The summed E-state index contributed by atoms with van der Waals surface area (Å²) in [6.07, 6.45) is 2.88. The summed E-state index contributed by atoms with van der Waals surface area (Å²) in [6.45, 7) is 2.20. The molecule has 2 aromatic rings. The van der Waals surface area contributed by atoms with E-state index in [2.05, 4.69) is 15.3 Å². The van der Waals surface area contributed by atoms with Crippen LogP contribution in [0.25, 0.3) is 11.3 Å². The molecule has 2 N–H and O–H groups in total. The average molecular weight is 248 g/mol. The molecule has 1 aromatic heterocycles. The van der Waals surface area contributed by atoms with Gasteiger partial charge in [-0.3, -0.25) is 0 Å². The lowest BCUT2D eigenvalue weighted by molar-refractivity contribution is 0.342. The second-order valence-electron chi connectivity index (χ2n) is 4.45. The maximum atomic E-state index is 6.15. The molecule has 1 aliphatic rings. The first kappa shape index (κ1) is 10.8. The first-order chi connectivity index (χ1) is 8.33. The average Bonchev–Trinajstić information content (AvgIpc) is 2.73. The molecule has 1 fully saturated rings. The topological polar surface area (TPSA) is 40.7 Å². The van der Waals surface area contributed by atoms with Gasteiger partial charge in [0.2, 0.25) is 0 Å². The van der Waals surface area contributed by atoms with Crippen molar-refractivity contribution in [2.24, 2.45) is 5.92 Å². The zero-order valence-electron chi connectivity index (χ0n) is 9.41. The van der Waals surface area contributed by atoms with E-state index in [1.165, 1.54) is 0 Å². The lowest BCUT2D eigenvalue weighted by atomic mass is 9.99. The molecular formula is C13H14ClN3. The van der Waals surface area contributed by atoms with E-state index in [0.717, 1.165) is 47.5 Å². The Balaban J connectivity index is 1.82. The molecule has 0 unspecified atom stereocenters. The van der Waals surface area contributed by atoms with Gasteiger partial charge in [-0.15, -0.1) is 0 Å². The van der Waals surface area contributed by atoms with Gasteiger partial charge in [0, 0.05) is 17.0 Å². The number of nitrogens with one attached hydrogen (secondary N) is 2. The number of H-pyrrole nitrogens is 1. The third-order valence-electron chi connectivity index (χ3n) is 3.14. The molecule has 3 nitrogen and oxygen atoms in total. The van der Waals surface area contributed by atoms with Gasteiger partial charge in [0.15, 0.2) is 0 Å². The van der Waals surface area contributed by atoms with Crippen LogP contribution >= 0.6 is 11.6 Å². The number of hydrogen-bond acceptors (Lipinski definition) is 2. The minimum absolute atomic E-state index is 0.722. The molecule has 0 amide bonds. The first-order valence-electron chi connectivity index (χ1n) is 5.82. The van der Waals surface area contributed by atoms with E-state index in [9.17, 15) is 0 Å². The van der Waals surface area contributed by atoms with Crippen LogP contribution in [-0.4, -0.2) is 23.1 Å². The van der Waals surface area contributed by atoms with Crippen LogP contribution < -0.4 is 5.32 Å². The zero-order chi connectivity index (χ0) is 11.7. The Morgan fingerprint density at radius 1 is 1.29 bits per heavy atom. The van der Waals surface area contributed by atoms with Gasteiger partial charge < -0.3 is 10.3 Å². The molecular weight excluding hydrogens is 234 g/mol. The molecule has 4 heteroatoms. The van der Waals surface area contributed by atoms with Crippen molar-refractivity contribution in [3.63, 3.8) is 0 Å². The van der Waals surface area contributed by atoms with E-state index >= 15 is 0 Å². The lowest BCUT2D eigenvalue weighted by Gasteiger charge is -2.25. The van der Waals surface area contributed by atoms with Crippen LogP contribution in [0.2, 0.25) is 5.02 Å². The Morgan fingerprint density at radius 3 is 2.82 bits per heavy atom. The van der Waals surface area contributed by atoms with Crippen molar-refractivity contribution in [1.82, 2.24) is 15.3 Å². The van der Waals surface area contributed by atoms with Crippen LogP contribution in [0.4, 0.5) is 0 Å². The van der Waals surface area contributed by atoms with E-state index < -0.39 is 0 Å². The number of aromatic amines is 1. The summed E-state index contributed by atoms with van der Waals surface area (Å²) in [5, 5.41) is 4.02. The number of aromatic nitrogens is 2. The van der Waals surface area contributed by atoms with E-state index in [4.69, 9.17) is 11.6 Å². The van der Waals surface area contributed by atoms with Crippen molar-refractivity contribution in [3.05, 3.63) is 41.3 Å². The van der Waals surface area contributed by atoms with Gasteiger partial charge >= 0.3 is 0 Å². The normalized spacial score (nSPS) is 15.8. The Bertz CT molecular complexity index is 517. The minimum atomic E-state index is 0.722. The van der Waals surface area contributed by atoms with Crippen LogP contribution in [0.15, 0.2) is 30.5 Å². The quantitative estimate of drug-likeness (QED) is 0.875. The number of hydrogen-bond donors (Lipinski definition) is 2. The highest BCUT2D eigenvalue weighted by Crippen LogP contribution is 2.26. The summed E-state index contributed by atoms with van der Waals surface area (Å²) in [5.74, 6) is 1.77. The lowest BCUT2D eigenvalue weighted by Crippen LogP contribution is -2.43. The van der Waals surface area contributed by atoms with Gasteiger partial charge in [-0.1, -0.05) is 29.8 Å². The number of rotatable bonds is 3. The zero-order valence-corrected chi connectivity index (χ0v) is 10.2. The minimum Gasteiger partial charge on any atom is -0.342 e. The number of benzene rings is 1. The van der Waals surface area contributed by atoms with E-state index in [0.29, 0.717) is 0 Å². The Hall–Kier alpha value is -1.32. The second-order valence-corrected chi connectivity index (χ2v) is 4.86. The standard InChI is InChI=1S/C13H14ClN3/c14-11-4-2-1-3-10(11)12-8-16-13(17-12)5-9-6-15-7-9/h1-4,8-9,15H,5-7H2,(H,16,17). The van der Waals surface area contributed by atoms with Gasteiger partial charge in [0.1, 0.15) is 5.82 Å². The molecule has 17 heavy (non-hydrogen) atoms. The Labute approximate surface area is 105 Å². The summed E-state index contributed by atoms with van der Waals surface area (Å²) in [5.41, 5.74) is 2.01. The molecule has 0 bridgehead atoms. The van der Waals surface area contributed by atoms with E-state index in [-0.39, 0.29) is 0 Å². The van der Waals surface area contributed by atoms with Crippen molar-refractivity contribution >= 4 is 11.6 Å². The summed E-state index contributed by atoms with van der Waals surface area (Å²) in [4.78, 5) is 7.76. The highest BCUT2D eigenvalue weighted by molar-refractivity contribution is 6.33. The molecule has 88 valence electrons. The predicted octanol–water partition coefficient (Wildman–Crippen LogP) is 2.49. The fourth-order valence-electron chi connectivity index (χ4n) is 2.05. The van der Waals surface area contributed by atoms with Crippen LogP contribution in [0.1, 0.15) is 5.82 Å². The summed E-state index contributed by atoms with van der Waals surface area (Å²) in [7, 11) is 0. The first-order valence-corrected chi connectivity index (χ1v) is 6.20. The fraction of sp³-hybridized carbons (Fsp3) is 0.308. The highest BCUT2D eigenvalue weighted by atomic mass is 35.5.